The van der Waals surface area contributed by atoms with E-state index in [1.54, 1.807) is 31.2 Å². The van der Waals surface area contributed by atoms with Crippen molar-refractivity contribution in [1.82, 2.24) is 10.2 Å². The molecule has 1 aliphatic rings. The molecule has 4 rings (SSSR count). The molecule has 3 aromatic rings. The lowest BCUT2D eigenvalue weighted by Crippen LogP contribution is -2.16. The van der Waals surface area contributed by atoms with E-state index in [0.717, 1.165) is 30.6 Å². The molecule has 156 valence electrons. The van der Waals surface area contributed by atoms with Crippen LogP contribution in [0.15, 0.2) is 52.9 Å². The second kappa shape index (κ2) is 9.09. The molecule has 2 atom stereocenters. The second-order valence-corrected chi connectivity index (χ2v) is 7.33. The molecule has 0 spiro atoms. The van der Waals surface area contributed by atoms with E-state index in [1.165, 1.54) is 0 Å². The number of ether oxygens (including phenoxy) is 3. The van der Waals surface area contributed by atoms with Gasteiger partial charge in [0.25, 0.3) is 5.89 Å². The normalized spacial score (nSPS) is 16.9. The van der Waals surface area contributed by atoms with Gasteiger partial charge in [-0.3, -0.25) is 0 Å². The van der Waals surface area contributed by atoms with Crippen molar-refractivity contribution in [2.24, 2.45) is 0 Å². The maximum Gasteiger partial charge on any atom is 0.338 e. The van der Waals surface area contributed by atoms with Crippen molar-refractivity contribution >= 4 is 5.97 Å². The second-order valence-electron chi connectivity index (χ2n) is 7.33. The molecule has 0 bridgehead atoms. The minimum absolute atomic E-state index is 0.148. The molecule has 7 nitrogen and oxygen atoms in total. The Hall–Kier alpha value is -3.19. The largest absolute Gasteiger partial charge is 0.491 e. The van der Waals surface area contributed by atoms with Crippen LogP contribution in [0.4, 0.5) is 0 Å². The smallest absolute Gasteiger partial charge is 0.338 e. The van der Waals surface area contributed by atoms with Crippen molar-refractivity contribution in [2.45, 2.75) is 38.9 Å². The van der Waals surface area contributed by atoms with Crippen LogP contribution >= 0.6 is 0 Å². The fourth-order valence-corrected chi connectivity index (χ4v) is 3.14. The van der Waals surface area contributed by atoms with Crippen molar-refractivity contribution in [3.63, 3.8) is 0 Å². The highest BCUT2D eigenvalue weighted by atomic mass is 16.6. The van der Waals surface area contributed by atoms with Crippen molar-refractivity contribution < 1.29 is 23.4 Å². The van der Waals surface area contributed by atoms with Crippen LogP contribution < -0.4 is 4.74 Å². The summed E-state index contributed by atoms with van der Waals surface area (Å²) in [6, 6.07) is 14.6. The molecular formula is C23H24N2O5. The first-order chi connectivity index (χ1) is 14.6. The van der Waals surface area contributed by atoms with Gasteiger partial charge in [0.05, 0.1) is 11.7 Å². The number of aromatic nitrogens is 2. The molecule has 7 heteroatoms. The van der Waals surface area contributed by atoms with Gasteiger partial charge in [-0.15, -0.1) is 10.2 Å². The summed E-state index contributed by atoms with van der Waals surface area (Å²) in [6.07, 6.45) is 1.57. The first kappa shape index (κ1) is 20.1. The number of esters is 1. The fourth-order valence-electron chi connectivity index (χ4n) is 3.14. The Morgan fingerprint density at radius 1 is 1.13 bits per heavy atom. The molecule has 1 saturated heterocycles. The first-order valence-electron chi connectivity index (χ1n) is 10.0. The summed E-state index contributed by atoms with van der Waals surface area (Å²) in [4.78, 5) is 12.4. The molecule has 0 N–H and O–H groups in total. The molecule has 1 fully saturated rings. The molecule has 2 aromatic carbocycles. The minimum Gasteiger partial charge on any atom is -0.491 e. The zero-order chi connectivity index (χ0) is 20.9. The van der Waals surface area contributed by atoms with E-state index in [-0.39, 0.29) is 12.0 Å². The highest BCUT2D eigenvalue weighted by Crippen LogP contribution is 2.24. The predicted octanol–water partition coefficient (Wildman–Crippen LogP) is 4.52. The van der Waals surface area contributed by atoms with Gasteiger partial charge in [-0.2, -0.15) is 0 Å². The number of nitrogens with zero attached hydrogens (tertiary/aromatic N) is 2. The highest BCUT2D eigenvalue weighted by molar-refractivity contribution is 5.89. The van der Waals surface area contributed by atoms with Gasteiger partial charge in [0.15, 0.2) is 6.10 Å². The van der Waals surface area contributed by atoms with Gasteiger partial charge >= 0.3 is 5.97 Å². The number of carbonyl (C=O) groups is 1. The summed E-state index contributed by atoms with van der Waals surface area (Å²) in [6.45, 7) is 5.02. The zero-order valence-electron chi connectivity index (χ0n) is 17.0. The maximum absolute atomic E-state index is 12.4. The molecule has 0 aliphatic carbocycles. The van der Waals surface area contributed by atoms with Gasteiger partial charge in [-0.05, 0) is 63.1 Å². The summed E-state index contributed by atoms with van der Waals surface area (Å²) in [5, 5.41) is 8.06. The van der Waals surface area contributed by atoms with Crippen LogP contribution in [0.3, 0.4) is 0 Å². The quantitative estimate of drug-likeness (QED) is 0.531. The van der Waals surface area contributed by atoms with Crippen LogP contribution in [-0.4, -0.2) is 35.5 Å². The van der Waals surface area contributed by atoms with Crippen LogP contribution in [0.2, 0.25) is 0 Å². The van der Waals surface area contributed by atoms with E-state index < -0.39 is 12.1 Å². The van der Waals surface area contributed by atoms with E-state index in [0.29, 0.717) is 23.8 Å². The Bertz CT molecular complexity index is 976. The number of rotatable bonds is 7. The Morgan fingerprint density at radius 3 is 2.60 bits per heavy atom. The van der Waals surface area contributed by atoms with E-state index in [1.807, 2.05) is 31.2 Å². The summed E-state index contributed by atoms with van der Waals surface area (Å²) in [5.74, 6) is 0.856. The Kier molecular flexibility index (Phi) is 6.09. The summed E-state index contributed by atoms with van der Waals surface area (Å²) >= 11 is 0. The van der Waals surface area contributed by atoms with Gasteiger partial charge in [0.2, 0.25) is 5.89 Å². The number of aryl methyl sites for hydroxylation is 1. The average molecular weight is 408 g/mol. The molecule has 0 amide bonds. The Labute approximate surface area is 175 Å². The minimum atomic E-state index is -0.667. The molecule has 1 aliphatic heterocycles. The van der Waals surface area contributed by atoms with Crippen LogP contribution in [-0.2, 0) is 9.47 Å². The lowest BCUT2D eigenvalue weighted by Gasteiger charge is -2.12. The Balaban J connectivity index is 1.33. The topological polar surface area (TPSA) is 83.7 Å². The Morgan fingerprint density at radius 2 is 1.90 bits per heavy atom. The molecule has 2 heterocycles. The van der Waals surface area contributed by atoms with Crippen LogP contribution in [0.1, 0.15) is 47.7 Å². The van der Waals surface area contributed by atoms with Crippen LogP contribution in [0.5, 0.6) is 5.75 Å². The van der Waals surface area contributed by atoms with Crippen LogP contribution in [0.25, 0.3) is 11.5 Å². The van der Waals surface area contributed by atoms with E-state index in [4.69, 9.17) is 18.6 Å². The number of hydrogen-bond acceptors (Lipinski definition) is 7. The van der Waals surface area contributed by atoms with Crippen molar-refractivity contribution in [1.29, 1.82) is 0 Å². The van der Waals surface area contributed by atoms with E-state index in [9.17, 15) is 4.79 Å². The van der Waals surface area contributed by atoms with Gasteiger partial charge in [0.1, 0.15) is 12.4 Å². The lowest BCUT2D eigenvalue weighted by atomic mass is 10.1. The number of benzene rings is 2. The SMILES string of the molecule is Cc1ccc(-c2nnc([C@H](C)OC(=O)c3ccc(OC[C@H]4CCCO4)cc3)o2)cc1. The predicted molar refractivity (Wildman–Crippen MR) is 109 cm³/mol. The molecule has 1 aromatic heterocycles. The molecular weight excluding hydrogens is 384 g/mol. The number of carbonyl (C=O) groups excluding carboxylic acids is 1. The zero-order valence-corrected chi connectivity index (χ0v) is 17.0. The first-order valence-corrected chi connectivity index (χ1v) is 10.0. The maximum atomic E-state index is 12.4. The standard InChI is InChI=1S/C23H24N2O5/c1-15-5-7-17(8-6-15)22-25-24-21(30-22)16(2)29-23(26)18-9-11-19(12-10-18)28-14-20-4-3-13-27-20/h5-12,16,20H,3-4,13-14H2,1-2H3/t16-,20+/m0/s1. The summed E-state index contributed by atoms with van der Waals surface area (Å²) < 4.78 is 22.4. The van der Waals surface area contributed by atoms with Crippen LogP contribution in [0, 0.1) is 6.92 Å². The lowest BCUT2D eigenvalue weighted by molar-refractivity contribution is 0.0279. The third-order valence-corrected chi connectivity index (χ3v) is 4.92. The van der Waals surface area contributed by atoms with E-state index in [2.05, 4.69) is 10.2 Å². The average Bonchev–Trinajstić information content (AvgIpc) is 3.45. The van der Waals surface area contributed by atoms with Crippen molar-refractivity contribution in [2.75, 3.05) is 13.2 Å². The third-order valence-electron chi connectivity index (χ3n) is 4.92. The van der Waals surface area contributed by atoms with Gasteiger partial charge in [-0.1, -0.05) is 17.7 Å². The van der Waals surface area contributed by atoms with E-state index >= 15 is 0 Å². The van der Waals surface area contributed by atoms with Crippen molar-refractivity contribution in [3.8, 4) is 17.2 Å². The number of hydrogen-bond donors (Lipinski definition) is 0. The highest BCUT2D eigenvalue weighted by Gasteiger charge is 2.20. The molecule has 0 radical (unpaired) electrons. The third kappa shape index (κ3) is 4.86. The van der Waals surface area contributed by atoms with Crippen molar-refractivity contribution in [3.05, 3.63) is 65.5 Å². The fraction of sp³-hybridized carbons (Fsp3) is 0.348. The molecule has 30 heavy (non-hydrogen) atoms. The van der Waals surface area contributed by atoms with Gasteiger partial charge in [-0.25, -0.2) is 4.79 Å². The summed E-state index contributed by atoms with van der Waals surface area (Å²) in [5.41, 5.74) is 2.38. The van der Waals surface area contributed by atoms with Gasteiger partial charge < -0.3 is 18.6 Å². The van der Waals surface area contributed by atoms with Gasteiger partial charge in [0, 0.05) is 12.2 Å². The molecule has 0 unspecified atom stereocenters. The molecule has 0 saturated carbocycles. The summed E-state index contributed by atoms with van der Waals surface area (Å²) in [7, 11) is 0. The monoisotopic (exact) mass is 408 g/mol.